The molecule has 1 saturated carbocycles. The fraction of sp³-hybridized carbons (Fsp3) is 0.517. The summed E-state index contributed by atoms with van der Waals surface area (Å²) < 4.78 is 10.6. The first-order chi connectivity index (χ1) is 17.6. The van der Waals surface area contributed by atoms with Gasteiger partial charge in [0.2, 0.25) is 5.91 Å². The Morgan fingerprint density at radius 2 is 1.81 bits per heavy atom. The number of nitrogens with one attached hydrogen (secondary N) is 2. The van der Waals surface area contributed by atoms with Crippen LogP contribution in [0, 0.1) is 5.92 Å². The summed E-state index contributed by atoms with van der Waals surface area (Å²) in [6.07, 6.45) is 8.85. The molecular weight excluding hydrogens is 454 g/mol. The SMILES string of the molecule is COc1cccc(C(=O)NC(CCC2CCCCC2)C(=O)NCCN2CCc3cc(OC)ccc32)c1. The second kappa shape index (κ2) is 12.7. The lowest BCUT2D eigenvalue weighted by Gasteiger charge is -2.25. The van der Waals surface area contributed by atoms with Crippen molar-refractivity contribution >= 4 is 17.5 Å². The van der Waals surface area contributed by atoms with Crippen LogP contribution in [0.4, 0.5) is 5.69 Å². The van der Waals surface area contributed by atoms with Crippen molar-refractivity contribution in [3.63, 3.8) is 0 Å². The zero-order valence-electron chi connectivity index (χ0n) is 21.6. The van der Waals surface area contributed by atoms with E-state index in [-0.39, 0.29) is 11.8 Å². The number of amides is 2. The molecule has 2 amide bonds. The number of fused-ring (bicyclic) bond motifs is 1. The topological polar surface area (TPSA) is 79.9 Å². The van der Waals surface area contributed by atoms with Gasteiger partial charge in [-0.3, -0.25) is 9.59 Å². The molecule has 1 heterocycles. The van der Waals surface area contributed by atoms with Crippen LogP contribution in [0.25, 0.3) is 0 Å². The van der Waals surface area contributed by atoms with Crippen molar-refractivity contribution in [2.45, 2.75) is 57.4 Å². The van der Waals surface area contributed by atoms with Crippen molar-refractivity contribution in [1.29, 1.82) is 0 Å². The van der Waals surface area contributed by atoms with E-state index in [1.165, 1.54) is 43.4 Å². The summed E-state index contributed by atoms with van der Waals surface area (Å²) in [5, 5.41) is 6.08. The molecule has 2 aromatic rings. The highest BCUT2D eigenvalue weighted by molar-refractivity contribution is 5.97. The maximum atomic E-state index is 13.2. The zero-order chi connectivity index (χ0) is 25.3. The number of rotatable bonds is 11. The molecule has 1 unspecified atom stereocenters. The van der Waals surface area contributed by atoms with Crippen molar-refractivity contribution < 1.29 is 19.1 Å². The fourth-order valence-corrected chi connectivity index (χ4v) is 5.40. The summed E-state index contributed by atoms with van der Waals surface area (Å²) in [5.74, 6) is 1.77. The molecule has 7 nitrogen and oxygen atoms in total. The molecule has 0 aromatic heterocycles. The minimum absolute atomic E-state index is 0.115. The van der Waals surface area contributed by atoms with Crippen LogP contribution < -0.4 is 25.0 Å². The lowest BCUT2D eigenvalue weighted by molar-refractivity contribution is -0.123. The summed E-state index contributed by atoms with van der Waals surface area (Å²) in [6.45, 7) is 2.18. The van der Waals surface area contributed by atoms with E-state index in [0.29, 0.717) is 30.2 Å². The number of ether oxygens (including phenoxy) is 2. The van der Waals surface area contributed by atoms with Gasteiger partial charge in [-0.15, -0.1) is 0 Å². The summed E-state index contributed by atoms with van der Waals surface area (Å²) in [4.78, 5) is 28.5. The Balaban J connectivity index is 1.35. The lowest BCUT2D eigenvalue weighted by atomic mass is 9.85. The quantitative estimate of drug-likeness (QED) is 0.487. The number of hydrogen-bond acceptors (Lipinski definition) is 5. The summed E-state index contributed by atoms with van der Waals surface area (Å²) >= 11 is 0. The van der Waals surface area contributed by atoms with Crippen LogP contribution in [-0.4, -0.2) is 51.7 Å². The number of methoxy groups -OCH3 is 2. The molecule has 0 saturated heterocycles. The number of benzene rings is 2. The van der Waals surface area contributed by atoms with Crippen LogP contribution >= 0.6 is 0 Å². The Hall–Kier alpha value is -3.22. The van der Waals surface area contributed by atoms with Crippen molar-refractivity contribution in [3.8, 4) is 11.5 Å². The molecule has 1 atom stereocenters. The third-order valence-electron chi connectivity index (χ3n) is 7.50. The molecule has 2 N–H and O–H groups in total. The molecule has 2 aromatic carbocycles. The van der Waals surface area contributed by atoms with Gasteiger partial charge in [-0.05, 0) is 67.1 Å². The predicted molar refractivity (Wildman–Crippen MR) is 142 cm³/mol. The lowest BCUT2D eigenvalue weighted by Crippen LogP contribution is -2.48. The van der Waals surface area contributed by atoms with E-state index in [2.05, 4.69) is 27.7 Å². The molecule has 7 heteroatoms. The van der Waals surface area contributed by atoms with Crippen LogP contribution in [0.5, 0.6) is 11.5 Å². The Kier molecular flexibility index (Phi) is 9.09. The third-order valence-corrected chi connectivity index (χ3v) is 7.50. The minimum atomic E-state index is -0.555. The average Bonchev–Trinajstić information content (AvgIpc) is 3.33. The molecule has 0 radical (unpaired) electrons. The van der Waals surface area contributed by atoms with Crippen molar-refractivity contribution in [3.05, 3.63) is 53.6 Å². The van der Waals surface area contributed by atoms with Gasteiger partial charge in [0.1, 0.15) is 17.5 Å². The van der Waals surface area contributed by atoms with E-state index in [0.717, 1.165) is 31.7 Å². The molecule has 1 fully saturated rings. The van der Waals surface area contributed by atoms with Gasteiger partial charge in [0, 0.05) is 30.9 Å². The molecule has 2 aliphatic rings. The van der Waals surface area contributed by atoms with Crippen LogP contribution in [0.2, 0.25) is 0 Å². The fourth-order valence-electron chi connectivity index (χ4n) is 5.40. The first-order valence-corrected chi connectivity index (χ1v) is 13.2. The van der Waals surface area contributed by atoms with Gasteiger partial charge in [0.15, 0.2) is 0 Å². The van der Waals surface area contributed by atoms with Gasteiger partial charge >= 0.3 is 0 Å². The highest BCUT2D eigenvalue weighted by atomic mass is 16.5. The van der Waals surface area contributed by atoms with E-state index in [1.807, 2.05) is 6.07 Å². The van der Waals surface area contributed by atoms with Gasteiger partial charge in [0.25, 0.3) is 5.91 Å². The number of nitrogens with zero attached hydrogens (tertiary/aromatic N) is 1. The van der Waals surface area contributed by atoms with Gasteiger partial charge in [0.05, 0.1) is 14.2 Å². The van der Waals surface area contributed by atoms with Gasteiger partial charge in [-0.1, -0.05) is 38.2 Å². The van der Waals surface area contributed by atoms with Crippen molar-refractivity contribution in [1.82, 2.24) is 10.6 Å². The van der Waals surface area contributed by atoms with E-state index >= 15 is 0 Å². The smallest absolute Gasteiger partial charge is 0.252 e. The molecule has 1 aliphatic heterocycles. The van der Waals surface area contributed by atoms with Gasteiger partial charge in [-0.25, -0.2) is 0 Å². The molecule has 36 heavy (non-hydrogen) atoms. The minimum Gasteiger partial charge on any atom is -0.497 e. The molecule has 0 spiro atoms. The van der Waals surface area contributed by atoms with Crippen LogP contribution in [0.15, 0.2) is 42.5 Å². The van der Waals surface area contributed by atoms with Crippen molar-refractivity contribution in [2.75, 3.05) is 38.8 Å². The number of carbonyl (C=O) groups excluding carboxylic acids is 2. The van der Waals surface area contributed by atoms with Crippen LogP contribution in [-0.2, 0) is 11.2 Å². The van der Waals surface area contributed by atoms with Crippen molar-refractivity contribution in [2.24, 2.45) is 5.92 Å². The van der Waals surface area contributed by atoms with Crippen LogP contribution in [0.1, 0.15) is 60.9 Å². The maximum Gasteiger partial charge on any atom is 0.252 e. The van der Waals surface area contributed by atoms with E-state index < -0.39 is 6.04 Å². The van der Waals surface area contributed by atoms with E-state index in [4.69, 9.17) is 9.47 Å². The van der Waals surface area contributed by atoms with Gasteiger partial charge < -0.3 is 25.0 Å². The first kappa shape index (κ1) is 25.9. The Morgan fingerprint density at radius 1 is 1.03 bits per heavy atom. The second-order valence-corrected chi connectivity index (χ2v) is 9.86. The summed E-state index contributed by atoms with van der Waals surface area (Å²) in [5.41, 5.74) is 2.97. The Bertz CT molecular complexity index is 1030. The Morgan fingerprint density at radius 3 is 2.58 bits per heavy atom. The normalized spacial score (nSPS) is 16.2. The number of carbonyl (C=O) groups is 2. The monoisotopic (exact) mass is 493 g/mol. The number of hydrogen-bond donors (Lipinski definition) is 2. The highest BCUT2D eigenvalue weighted by Crippen LogP contribution is 2.31. The largest absolute Gasteiger partial charge is 0.497 e. The predicted octanol–water partition coefficient (Wildman–Crippen LogP) is 4.34. The third kappa shape index (κ3) is 6.71. The van der Waals surface area contributed by atoms with Gasteiger partial charge in [-0.2, -0.15) is 0 Å². The average molecular weight is 494 g/mol. The number of anilines is 1. The molecule has 4 rings (SSSR count). The van der Waals surface area contributed by atoms with Crippen LogP contribution in [0.3, 0.4) is 0 Å². The van der Waals surface area contributed by atoms with E-state index in [9.17, 15) is 9.59 Å². The second-order valence-electron chi connectivity index (χ2n) is 9.86. The standard InChI is InChI=1S/C29H39N3O4/c1-35-24-10-6-9-23(20-24)28(33)31-26(13-11-21-7-4-3-5-8-21)29(34)30-16-18-32-17-15-22-19-25(36-2)12-14-27(22)32/h6,9-10,12,14,19-21,26H,3-5,7-8,11,13,15-18H2,1-2H3,(H,30,34)(H,31,33). The highest BCUT2D eigenvalue weighted by Gasteiger charge is 2.25. The molecular formula is C29H39N3O4. The molecule has 0 bridgehead atoms. The summed E-state index contributed by atoms with van der Waals surface area (Å²) in [7, 11) is 3.26. The molecule has 194 valence electrons. The zero-order valence-corrected chi connectivity index (χ0v) is 21.6. The first-order valence-electron chi connectivity index (χ1n) is 13.2. The maximum absolute atomic E-state index is 13.2. The Labute approximate surface area is 214 Å². The summed E-state index contributed by atoms with van der Waals surface area (Å²) in [6, 6.07) is 12.6. The van der Waals surface area contributed by atoms with E-state index in [1.54, 1.807) is 38.5 Å². The molecule has 1 aliphatic carbocycles.